The number of aromatic nitrogens is 3. The topological polar surface area (TPSA) is 90.9 Å². The molecule has 188 valence electrons. The van der Waals surface area contributed by atoms with Crippen molar-refractivity contribution in [3.63, 3.8) is 0 Å². The number of H-pyrrole nitrogens is 1. The van der Waals surface area contributed by atoms with Crippen molar-refractivity contribution in [2.45, 2.75) is 43.7 Å². The molecular weight excluding hydrogens is 494 g/mol. The third-order valence-corrected chi connectivity index (χ3v) is 8.00. The number of amides is 1. The molecule has 0 spiro atoms. The van der Waals surface area contributed by atoms with E-state index in [1.807, 2.05) is 18.2 Å². The first kappa shape index (κ1) is 23.7. The Hall–Kier alpha value is -3.69. The van der Waals surface area contributed by atoms with E-state index in [0.29, 0.717) is 24.8 Å². The number of hydrogen-bond acceptors (Lipinski definition) is 5. The highest BCUT2D eigenvalue weighted by atomic mass is 32.1. The normalized spacial score (nSPS) is 19.9. The zero-order valence-electron chi connectivity index (χ0n) is 19.8. The van der Waals surface area contributed by atoms with Crippen LogP contribution in [0.15, 0.2) is 60.1 Å². The fraction of sp³-hybridized carbons (Fsp3) is 0.250. The maximum Gasteiger partial charge on any atom is 0.251 e. The van der Waals surface area contributed by atoms with Crippen LogP contribution in [-0.4, -0.2) is 37.8 Å². The summed E-state index contributed by atoms with van der Waals surface area (Å²) in [5, 5.41) is 21.8. The van der Waals surface area contributed by atoms with Gasteiger partial charge in [-0.15, -0.1) is 11.3 Å². The van der Waals surface area contributed by atoms with Gasteiger partial charge in [0.15, 0.2) is 0 Å². The van der Waals surface area contributed by atoms with E-state index in [1.165, 1.54) is 18.2 Å². The standard InChI is InChI=1S/C28H24F2N4O2S/c29-21-4-1-5-22(30)20(21)14-28(10-2-3-18(35)13-28)32-27(36)17-7-8-23-19(11-17)26(34-33-23)16-6-9-24-25(12-16)37-15-31-24/h1,4-9,11-12,15,18,35H,2-3,10,13-14H2,(H,32,36)(H,33,34)/t18-,28-/m0/s1. The monoisotopic (exact) mass is 518 g/mol. The largest absolute Gasteiger partial charge is 0.393 e. The number of rotatable bonds is 5. The maximum absolute atomic E-state index is 14.5. The van der Waals surface area contributed by atoms with E-state index >= 15 is 0 Å². The quantitative estimate of drug-likeness (QED) is 0.276. The Morgan fingerprint density at radius 3 is 2.81 bits per heavy atom. The molecule has 5 aromatic rings. The van der Waals surface area contributed by atoms with E-state index in [1.54, 1.807) is 35.0 Å². The summed E-state index contributed by atoms with van der Waals surface area (Å²) in [6, 6.07) is 14.9. The molecule has 2 aromatic heterocycles. The highest BCUT2D eigenvalue weighted by Gasteiger charge is 2.39. The number of thiazole rings is 1. The molecule has 0 saturated heterocycles. The summed E-state index contributed by atoms with van der Waals surface area (Å²) in [5.74, 6) is -1.68. The fourth-order valence-electron chi connectivity index (χ4n) is 5.38. The average molecular weight is 519 g/mol. The maximum atomic E-state index is 14.5. The summed E-state index contributed by atoms with van der Waals surface area (Å²) in [4.78, 5) is 17.8. The molecule has 2 heterocycles. The molecule has 0 unspecified atom stereocenters. The Balaban J connectivity index is 1.34. The Morgan fingerprint density at radius 2 is 2.00 bits per heavy atom. The van der Waals surface area contributed by atoms with Gasteiger partial charge in [-0.05, 0) is 68.1 Å². The lowest BCUT2D eigenvalue weighted by Crippen LogP contribution is -2.54. The number of carbonyl (C=O) groups is 1. The third kappa shape index (κ3) is 4.49. The van der Waals surface area contributed by atoms with Crippen molar-refractivity contribution in [3.8, 4) is 11.3 Å². The van der Waals surface area contributed by atoms with Gasteiger partial charge in [-0.3, -0.25) is 9.89 Å². The summed E-state index contributed by atoms with van der Waals surface area (Å²) in [7, 11) is 0. The van der Waals surface area contributed by atoms with Gasteiger partial charge < -0.3 is 10.4 Å². The number of aromatic amines is 1. The number of aliphatic hydroxyl groups excluding tert-OH is 1. The molecule has 1 amide bonds. The fourth-order valence-corrected chi connectivity index (χ4v) is 6.10. The van der Waals surface area contributed by atoms with E-state index in [0.717, 1.165) is 32.4 Å². The number of halogens is 2. The minimum absolute atomic E-state index is 0.0393. The molecule has 3 N–H and O–H groups in total. The SMILES string of the molecule is O=C(N[C@@]1(Cc2c(F)cccc2F)CCC[C@H](O)C1)c1ccc2[nH]nc(-c3ccc4ncsc4c3)c2c1. The third-order valence-electron chi connectivity index (χ3n) is 7.20. The van der Waals surface area contributed by atoms with Crippen molar-refractivity contribution < 1.29 is 18.7 Å². The van der Waals surface area contributed by atoms with Gasteiger partial charge in [0.2, 0.25) is 0 Å². The molecule has 1 saturated carbocycles. The van der Waals surface area contributed by atoms with Gasteiger partial charge in [0.05, 0.1) is 33.0 Å². The van der Waals surface area contributed by atoms with Gasteiger partial charge in [0.25, 0.3) is 5.91 Å². The van der Waals surface area contributed by atoms with Crippen LogP contribution in [0.3, 0.4) is 0 Å². The number of aliphatic hydroxyl groups is 1. The van der Waals surface area contributed by atoms with Crippen molar-refractivity contribution in [1.29, 1.82) is 0 Å². The van der Waals surface area contributed by atoms with Crippen LogP contribution in [-0.2, 0) is 6.42 Å². The Kier molecular flexibility index (Phi) is 5.97. The van der Waals surface area contributed by atoms with Gasteiger partial charge in [-0.25, -0.2) is 13.8 Å². The van der Waals surface area contributed by atoms with Gasteiger partial charge in [0, 0.05) is 34.0 Å². The number of nitrogens with one attached hydrogen (secondary N) is 2. The summed E-state index contributed by atoms with van der Waals surface area (Å²) >= 11 is 1.55. The van der Waals surface area contributed by atoms with Crippen molar-refractivity contribution in [3.05, 3.63) is 82.9 Å². The Bertz CT molecular complexity index is 1610. The average Bonchev–Trinajstić information content (AvgIpc) is 3.52. The van der Waals surface area contributed by atoms with E-state index in [4.69, 9.17) is 0 Å². The van der Waals surface area contributed by atoms with E-state index in [-0.39, 0.29) is 24.3 Å². The highest BCUT2D eigenvalue weighted by molar-refractivity contribution is 7.16. The molecule has 0 aliphatic heterocycles. The second kappa shape index (κ2) is 9.32. The number of hydrogen-bond donors (Lipinski definition) is 3. The van der Waals surface area contributed by atoms with Gasteiger partial charge >= 0.3 is 0 Å². The molecule has 1 aliphatic rings. The van der Waals surface area contributed by atoms with Crippen LogP contribution in [0.25, 0.3) is 32.4 Å². The van der Waals surface area contributed by atoms with Crippen LogP contribution in [0, 0.1) is 11.6 Å². The minimum atomic E-state index is -0.969. The van der Waals surface area contributed by atoms with Crippen LogP contribution >= 0.6 is 11.3 Å². The van der Waals surface area contributed by atoms with Crippen molar-refractivity contribution in [2.75, 3.05) is 0 Å². The Labute approximate surface area is 215 Å². The lowest BCUT2D eigenvalue weighted by Gasteiger charge is -2.40. The first-order valence-corrected chi connectivity index (χ1v) is 13.0. The molecule has 1 fully saturated rings. The zero-order valence-corrected chi connectivity index (χ0v) is 20.6. The second-order valence-electron chi connectivity index (χ2n) is 9.73. The van der Waals surface area contributed by atoms with Crippen LogP contribution in [0.1, 0.15) is 41.6 Å². The van der Waals surface area contributed by atoms with Gasteiger partial charge in [0.1, 0.15) is 11.6 Å². The predicted octanol–water partition coefficient (Wildman–Crippen LogP) is 5.76. The van der Waals surface area contributed by atoms with Crippen molar-refractivity contribution in [1.82, 2.24) is 20.5 Å². The summed E-state index contributed by atoms with van der Waals surface area (Å²) in [6.45, 7) is 0. The Morgan fingerprint density at radius 1 is 1.16 bits per heavy atom. The molecule has 6 rings (SSSR count). The van der Waals surface area contributed by atoms with Gasteiger partial charge in [-0.2, -0.15) is 5.10 Å². The molecular formula is C28H24F2N4O2S. The second-order valence-corrected chi connectivity index (χ2v) is 10.6. The number of nitrogens with zero attached hydrogens (tertiary/aromatic N) is 2. The van der Waals surface area contributed by atoms with Crippen LogP contribution in [0.5, 0.6) is 0 Å². The first-order valence-electron chi connectivity index (χ1n) is 12.2. The number of benzene rings is 3. The lowest BCUT2D eigenvalue weighted by molar-refractivity contribution is 0.0600. The highest BCUT2D eigenvalue weighted by Crippen LogP contribution is 2.34. The molecule has 0 bridgehead atoms. The first-order chi connectivity index (χ1) is 17.9. The molecule has 37 heavy (non-hydrogen) atoms. The molecule has 9 heteroatoms. The van der Waals surface area contributed by atoms with E-state index in [9.17, 15) is 18.7 Å². The number of carbonyl (C=O) groups excluding carboxylic acids is 1. The number of fused-ring (bicyclic) bond motifs is 2. The minimum Gasteiger partial charge on any atom is -0.393 e. The predicted molar refractivity (Wildman–Crippen MR) is 139 cm³/mol. The van der Waals surface area contributed by atoms with Crippen LogP contribution in [0.4, 0.5) is 8.78 Å². The summed E-state index contributed by atoms with van der Waals surface area (Å²) in [5.41, 5.74) is 4.48. The van der Waals surface area contributed by atoms with E-state index in [2.05, 4.69) is 20.5 Å². The van der Waals surface area contributed by atoms with Crippen LogP contribution in [0.2, 0.25) is 0 Å². The molecule has 0 radical (unpaired) electrons. The molecule has 3 aromatic carbocycles. The van der Waals surface area contributed by atoms with E-state index < -0.39 is 23.3 Å². The smallest absolute Gasteiger partial charge is 0.251 e. The molecule has 6 nitrogen and oxygen atoms in total. The van der Waals surface area contributed by atoms with Crippen LogP contribution < -0.4 is 5.32 Å². The summed E-state index contributed by atoms with van der Waals surface area (Å²) in [6.07, 6.45) is 1.27. The lowest BCUT2D eigenvalue weighted by atomic mass is 9.75. The van der Waals surface area contributed by atoms with Crippen molar-refractivity contribution in [2.24, 2.45) is 0 Å². The van der Waals surface area contributed by atoms with Crippen molar-refractivity contribution >= 4 is 38.4 Å². The molecule has 2 atom stereocenters. The summed E-state index contributed by atoms with van der Waals surface area (Å²) < 4.78 is 30.1. The van der Waals surface area contributed by atoms with Gasteiger partial charge in [-0.1, -0.05) is 12.1 Å². The zero-order chi connectivity index (χ0) is 25.6. The molecule has 1 aliphatic carbocycles.